The highest BCUT2D eigenvalue weighted by Gasteiger charge is 2.32. The molecule has 32 heavy (non-hydrogen) atoms. The minimum atomic E-state index is -4.45. The number of carbonyl (C=O) groups is 1. The zero-order chi connectivity index (χ0) is 22.7. The molecule has 1 N–H and O–H groups in total. The second-order valence-electron chi connectivity index (χ2n) is 8.77. The van der Waals surface area contributed by atoms with E-state index in [1.165, 1.54) is 6.07 Å². The summed E-state index contributed by atoms with van der Waals surface area (Å²) in [6, 6.07) is 3.69. The fourth-order valence-electron chi connectivity index (χ4n) is 4.56. The highest BCUT2D eigenvalue weighted by Crippen LogP contribution is 2.37. The summed E-state index contributed by atoms with van der Waals surface area (Å²) in [5.41, 5.74) is 0.207. The molecular weight excluding hydrogens is 419 g/mol. The van der Waals surface area contributed by atoms with Crippen LogP contribution in [0.5, 0.6) is 0 Å². The number of amides is 1. The molecule has 3 heterocycles. The molecule has 0 saturated carbocycles. The largest absolute Gasteiger partial charge is 0.416 e. The number of hydrogen-bond acceptors (Lipinski definition) is 4. The number of hydrogen-bond donors (Lipinski definition) is 1. The summed E-state index contributed by atoms with van der Waals surface area (Å²) < 4.78 is 41.9. The van der Waals surface area contributed by atoms with Gasteiger partial charge >= 0.3 is 6.18 Å². The molecule has 0 spiro atoms. The number of benzene rings is 1. The Morgan fingerprint density at radius 2 is 1.84 bits per heavy atom. The van der Waals surface area contributed by atoms with Gasteiger partial charge in [0, 0.05) is 38.4 Å². The number of anilines is 2. The van der Waals surface area contributed by atoms with Gasteiger partial charge < -0.3 is 14.8 Å². The zero-order valence-electron chi connectivity index (χ0n) is 18.4. The molecule has 1 amide bonds. The van der Waals surface area contributed by atoms with Crippen molar-refractivity contribution in [3.63, 3.8) is 0 Å². The van der Waals surface area contributed by atoms with E-state index >= 15 is 0 Å². The molecule has 0 unspecified atom stereocenters. The van der Waals surface area contributed by atoms with Crippen molar-refractivity contribution in [2.24, 2.45) is 13.0 Å². The van der Waals surface area contributed by atoms with Gasteiger partial charge in [-0.2, -0.15) is 13.2 Å². The van der Waals surface area contributed by atoms with E-state index in [0.29, 0.717) is 18.5 Å². The second kappa shape index (κ2) is 9.52. The molecule has 0 atom stereocenters. The minimum Gasteiger partial charge on any atom is -0.370 e. The fraction of sp³-hybridized carbons (Fsp3) is 0.565. The van der Waals surface area contributed by atoms with Crippen LogP contribution in [0, 0.1) is 5.92 Å². The lowest BCUT2D eigenvalue weighted by atomic mass is 9.95. The average molecular weight is 450 g/mol. The molecule has 0 aliphatic carbocycles. The third-order valence-electron chi connectivity index (χ3n) is 6.52. The number of halogens is 3. The Hall–Kier alpha value is -2.55. The van der Waals surface area contributed by atoms with E-state index in [-0.39, 0.29) is 17.5 Å². The Kier molecular flexibility index (Phi) is 6.74. The number of carbonyl (C=O) groups excluding carboxylic acids is 1. The van der Waals surface area contributed by atoms with Crippen molar-refractivity contribution >= 4 is 17.3 Å². The molecule has 1 aromatic carbocycles. The second-order valence-corrected chi connectivity index (χ2v) is 8.77. The van der Waals surface area contributed by atoms with Gasteiger partial charge in [0.1, 0.15) is 5.82 Å². The molecule has 9 heteroatoms. The van der Waals surface area contributed by atoms with Crippen molar-refractivity contribution in [1.29, 1.82) is 0 Å². The van der Waals surface area contributed by atoms with Crippen LogP contribution in [0.1, 0.15) is 43.5 Å². The summed E-state index contributed by atoms with van der Waals surface area (Å²) in [6.07, 6.45) is 3.70. The first-order valence-corrected chi connectivity index (χ1v) is 11.3. The van der Waals surface area contributed by atoms with Gasteiger partial charge in [0.05, 0.1) is 23.5 Å². The first-order chi connectivity index (χ1) is 15.3. The average Bonchev–Trinajstić information content (AvgIpc) is 3.18. The normalized spacial score (nSPS) is 18.7. The molecule has 174 valence electrons. The molecule has 2 aromatic rings. The van der Waals surface area contributed by atoms with E-state index in [0.717, 1.165) is 69.9 Å². The molecule has 2 fully saturated rings. The van der Waals surface area contributed by atoms with Gasteiger partial charge in [-0.15, -0.1) is 0 Å². The third-order valence-corrected chi connectivity index (χ3v) is 6.52. The Morgan fingerprint density at radius 3 is 2.47 bits per heavy atom. The number of nitrogens with one attached hydrogen (secondary N) is 1. The van der Waals surface area contributed by atoms with Crippen LogP contribution in [0.25, 0.3) is 0 Å². The maximum Gasteiger partial charge on any atom is 0.416 e. The smallest absolute Gasteiger partial charge is 0.370 e. The van der Waals surface area contributed by atoms with E-state index in [9.17, 15) is 18.0 Å². The Morgan fingerprint density at radius 1 is 1.12 bits per heavy atom. The van der Waals surface area contributed by atoms with Crippen molar-refractivity contribution in [3.05, 3.63) is 42.0 Å². The van der Waals surface area contributed by atoms with Crippen LogP contribution in [0.4, 0.5) is 24.5 Å². The third kappa shape index (κ3) is 5.26. The first-order valence-electron chi connectivity index (χ1n) is 11.3. The lowest BCUT2D eigenvalue weighted by Crippen LogP contribution is -2.38. The van der Waals surface area contributed by atoms with Crippen molar-refractivity contribution in [1.82, 2.24) is 14.5 Å². The number of nitrogens with zero attached hydrogens (tertiary/aromatic N) is 4. The number of alkyl halides is 3. The molecule has 0 radical (unpaired) electrons. The number of aryl methyl sites for hydroxylation is 1. The van der Waals surface area contributed by atoms with Gasteiger partial charge in [-0.1, -0.05) is 0 Å². The molecule has 4 rings (SSSR count). The van der Waals surface area contributed by atoms with Crippen molar-refractivity contribution < 1.29 is 18.0 Å². The molecule has 2 saturated heterocycles. The molecule has 2 aliphatic heterocycles. The molecule has 6 nitrogen and oxygen atoms in total. The quantitative estimate of drug-likeness (QED) is 0.741. The van der Waals surface area contributed by atoms with Gasteiger partial charge in [-0.3, -0.25) is 9.69 Å². The van der Waals surface area contributed by atoms with Gasteiger partial charge in [-0.05, 0) is 63.4 Å². The van der Waals surface area contributed by atoms with Gasteiger partial charge in [0.15, 0.2) is 0 Å². The van der Waals surface area contributed by atoms with E-state index in [1.54, 1.807) is 6.20 Å². The fourth-order valence-corrected chi connectivity index (χ4v) is 4.56. The van der Waals surface area contributed by atoms with Crippen LogP contribution < -0.4 is 10.2 Å². The predicted molar refractivity (Wildman–Crippen MR) is 117 cm³/mol. The van der Waals surface area contributed by atoms with Gasteiger partial charge in [0.25, 0.3) is 0 Å². The maximum absolute atomic E-state index is 13.3. The maximum atomic E-state index is 13.3. The minimum absolute atomic E-state index is 0.195. The lowest BCUT2D eigenvalue weighted by Gasteiger charge is -2.33. The Bertz CT molecular complexity index is 928. The topological polar surface area (TPSA) is 53.4 Å². The number of rotatable bonds is 5. The van der Waals surface area contributed by atoms with Gasteiger partial charge in [0.2, 0.25) is 5.91 Å². The first kappa shape index (κ1) is 22.6. The van der Waals surface area contributed by atoms with Crippen LogP contribution in [-0.4, -0.2) is 46.5 Å². The standard InChI is InChI=1S/C23H30F3N5O/c1-29-14-9-27-21(29)16-30-12-7-17(8-13-30)22(32)28-19-15-18(23(24,25)26)5-6-20(19)31-10-3-2-4-11-31/h5-6,9,14-15,17H,2-4,7-8,10-13,16H2,1H3,(H,28,32). The molecule has 2 aliphatic rings. The van der Waals surface area contributed by atoms with Crippen LogP contribution >= 0.6 is 0 Å². The molecule has 0 bridgehead atoms. The van der Waals surface area contributed by atoms with Crippen molar-refractivity contribution in [2.75, 3.05) is 36.4 Å². The van der Waals surface area contributed by atoms with Crippen LogP contribution in [0.15, 0.2) is 30.6 Å². The van der Waals surface area contributed by atoms with E-state index in [1.807, 2.05) is 17.8 Å². The highest BCUT2D eigenvalue weighted by molar-refractivity contribution is 5.96. The lowest BCUT2D eigenvalue weighted by molar-refractivity contribution is -0.137. The van der Waals surface area contributed by atoms with E-state index < -0.39 is 11.7 Å². The number of likely N-dealkylation sites (tertiary alicyclic amines) is 1. The SMILES string of the molecule is Cn1ccnc1CN1CCC(C(=O)Nc2cc(C(F)(F)F)ccc2N2CCCCC2)CC1. The summed E-state index contributed by atoms with van der Waals surface area (Å²) >= 11 is 0. The van der Waals surface area contributed by atoms with Crippen molar-refractivity contribution in [2.45, 2.75) is 44.8 Å². The highest BCUT2D eigenvalue weighted by atomic mass is 19.4. The van der Waals surface area contributed by atoms with Gasteiger partial charge in [-0.25, -0.2) is 4.98 Å². The Labute approximate surface area is 186 Å². The number of piperidine rings is 2. The number of aromatic nitrogens is 2. The summed E-state index contributed by atoms with van der Waals surface area (Å²) in [4.78, 5) is 21.7. The predicted octanol–water partition coefficient (Wildman–Crippen LogP) is 4.28. The van der Waals surface area contributed by atoms with E-state index in [4.69, 9.17) is 0 Å². The van der Waals surface area contributed by atoms with Crippen LogP contribution in [-0.2, 0) is 24.6 Å². The summed E-state index contributed by atoms with van der Waals surface area (Å²) in [5.74, 6) is 0.568. The molecule has 1 aromatic heterocycles. The zero-order valence-corrected chi connectivity index (χ0v) is 18.4. The molecular formula is C23H30F3N5O. The summed E-state index contributed by atoms with van der Waals surface area (Å²) in [5, 5.41) is 2.84. The summed E-state index contributed by atoms with van der Waals surface area (Å²) in [7, 11) is 1.96. The number of imidazole rings is 1. The van der Waals surface area contributed by atoms with E-state index in [2.05, 4.69) is 20.1 Å². The Balaban J connectivity index is 1.43. The van der Waals surface area contributed by atoms with Crippen LogP contribution in [0.3, 0.4) is 0 Å². The van der Waals surface area contributed by atoms with Crippen LogP contribution in [0.2, 0.25) is 0 Å². The van der Waals surface area contributed by atoms with Crippen molar-refractivity contribution in [3.8, 4) is 0 Å². The monoisotopic (exact) mass is 449 g/mol. The summed E-state index contributed by atoms with van der Waals surface area (Å²) in [6.45, 7) is 3.82.